The van der Waals surface area contributed by atoms with Gasteiger partial charge in [0.2, 0.25) is 0 Å². The van der Waals surface area contributed by atoms with Gasteiger partial charge in [0, 0.05) is 20.6 Å². The van der Waals surface area contributed by atoms with E-state index in [2.05, 4.69) is 31.9 Å². The molecule has 0 aromatic heterocycles. The molecule has 15 heavy (non-hydrogen) atoms. The Morgan fingerprint density at radius 3 is 2.20 bits per heavy atom. The largest absolute Gasteiger partial charge is 0.508 e. The Balaban J connectivity index is 3.26. The standard InChI is InChI=1S/C11H15Br2NO/c1-11(2,3)10(14)9-7(13)4-6(12)5-8(9)15/h4-5,10,15H,14H2,1-3H3/t10-/m1/s1. The summed E-state index contributed by atoms with van der Waals surface area (Å²) >= 11 is 6.74. The zero-order valence-corrected chi connectivity index (χ0v) is 12.2. The highest BCUT2D eigenvalue weighted by Gasteiger charge is 2.26. The van der Waals surface area contributed by atoms with Crippen molar-refractivity contribution in [3.63, 3.8) is 0 Å². The first-order chi connectivity index (χ1) is 6.73. The summed E-state index contributed by atoms with van der Waals surface area (Å²) in [6.07, 6.45) is 0. The average Bonchev–Trinajstić information content (AvgIpc) is 1.99. The number of phenolic OH excluding ortho intramolecular Hbond substituents is 1. The van der Waals surface area contributed by atoms with Crippen molar-refractivity contribution >= 4 is 31.9 Å². The van der Waals surface area contributed by atoms with Crippen molar-refractivity contribution < 1.29 is 5.11 Å². The van der Waals surface area contributed by atoms with Gasteiger partial charge in [-0.25, -0.2) is 0 Å². The van der Waals surface area contributed by atoms with Gasteiger partial charge >= 0.3 is 0 Å². The normalized spacial score (nSPS) is 14.0. The SMILES string of the molecule is CC(C)(C)[C@H](N)c1c(O)cc(Br)cc1Br. The molecule has 0 saturated heterocycles. The fraction of sp³-hybridized carbons (Fsp3) is 0.455. The second kappa shape index (κ2) is 4.44. The van der Waals surface area contributed by atoms with Crippen molar-refractivity contribution in [2.75, 3.05) is 0 Å². The molecule has 0 aliphatic carbocycles. The molecular formula is C11H15Br2NO. The molecule has 1 rings (SSSR count). The van der Waals surface area contributed by atoms with Crippen LogP contribution in [0.1, 0.15) is 32.4 Å². The lowest BCUT2D eigenvalue weighted by Gasteiger charge is -2.28. The van der Waals surface area contributed by atoms with Crippen molar-refractivity contribution in [2.24, 2.45) is 11.1 Å². The lowest BCUT2D eigenvalue weighted by Crippen LogP contribution is -2.26. The molecule has 2 nitrogen and oxygen atoms in total. The minimum absolute atomic E-state index is 0.0895. The summed E-state index contributed by atoms with van der Waals surface area (Å²) in [5.74, 6) is 0.221. The molecule has 0 radical (unpaired) electrons. The monoisotopic (exact) mass is 335 g/mol. The van der Waals surface area contributed by atoms with Crippen molar-refractivity contribution in [1.29, 1.82) is 0 Å². The first-order valence-electron chi connectivity index (χ1n) is 4.67. The third-order valence-corrected chi connectivity index (χ3v) is 3.43. The van der Waals surface area contributed by atoms with Gasteiger partial charge in [-0.15, -0.1) is 0 Å². The molecule has 0 spiro atoms. The van der Waals surface area contributed by atoms with Crippen molar-refractivity contribution in [1.82, 2.24) is 0 Å². The van der Waals surface area contributed by atoms with Gasteiger partial charge in [-0.2, -0.15) is 0 Å². The van der Waals surface area contributed by atoms with E-state index >= 15 is 0 Å². The maximum Gasteiger partial charge on any atom is 0.122 e. The highest BCUT2D eigenvalue weighted by molar-refractivity contribution is 9.11. The minimum atomic E-state index is -0.208. The molecule has 0 heterocycles. The first kappa shape index (κ1) is 13.0. The van der Waals surface area contributed by atoms with Gasteiger partial charge in [0.1, 0.15) is 5.75 Å². The number of phenols is 1. The second-order valence-corrected chi connectivity index (χ2v) is 6.43. The number of benzene rings is 1. The van der Waals surface area contributed by atoms with Gasteiger partial charge in [-0.05, 0) is 17.5 Å². The molecule has 0 saturated carbocycles. The van der Waals surface area contributed by atoms with Crippen LogP contribution in [0.2, 0.25) is 0 Å². The van der Waals surface area contributed by atoms with E-state index in [0.717, 1.165) is 14.5 Å². The second-order valence-electron chi connectivity index (χ2n) is 4.66. The van der Waals surface area contributed by atoms with Crippen LogP contribution < -0.4 is 5.73 Å². The molecular weight excluding hydrogens is 322 g/mol. The maximum atomic E-state index is 9.87. The third kappa shape index (κ3) is 2.95. The van der Waals surface area contributed by atoms with E-state index in [9.17, 15) is 5.11 Å². The van der Waals surface area contributed by atoms with E-state index in [0.29, 0.717) is 0 Å². The number of hydrogen-bond acceptors (Lipinski definition) is 2. The molecule has 1 aromatic rings. The molecule has 84 valence electrons. The Kier molecular flexibility index (Phi) is 3.85. The van der Waals surface area contributed by atoms with Crippen LogP contribution in [-0.4, -0.2) is 5.11 Å². The summed E-state index contributed by atoms with van der Waals surface area (Å²) in [4.78, 5) is 0. The van der Waals surface area contributed by atoms with E-state index in [1.165, 1.54) is 0 Å². The van der Waals surface area contributed by atoms with Crippen LogP contribution in [0.4, 0.5) is 0 Å². The smallest absolute Gasteiger partial charge is 0.122 e. The topological polar surface area (TPSA) is 46.2 Å². The molecule has 3 N–H and O–H groups in total. The molecule has 0 fully saturated rings. The van der Waals surface area contributed by atoms with Gasteiger partial charge in [0.25, 0.3) is 0 Å². The Morgan fingerprint density at radius 1 is 1.27 bits per heavy atom. The Bertz CT molecular complexity index is 348. The fourth-order valence-corrected chi connectivity index (χ4v) is 2.76. The number of halogens is 2. The number of nitrogens with two attached hydrogens (primary N) is 1. The predicted molar refractivity (Wildman–Crippen MR) is 69.9 cm³/mol. The lowest BCUT2D eigenvalue weighted by atomic mass is 9.83. The van der Waals surface area contributed by atoms with Crippen molar-refractivity contribution in [3.8, 4) is 5.75 Å². The summed E-state index contributed by atoms with van der Waals surface area (Å²) in [5.41, 5.74) is 6.78. The molecule has 0 unspecified atom stereocenters. The third-order valence-electron chi connectivity index (χ3n) is 2.32. The van der Waals surface area contributed by atoms with Crippen LogP contribution in [0.25, 0.3) is 0 Å². The van der Waals surface area contributed by atoms with Gasteiger partial charge in [-0.3, -0.25) is 0 Å². The molecule has 4 heteroatoms. The number of aromatic hydroxyl groups is 1. The Morgan fingerprint density at radius 2 is 1.80 bits per heavy atom. The molecule has 1 atom stereocenters. The maximum absolute atomic E-state index is 9.87. The number of hydrogen-bond donors (Lipinski definition) is 2. The van der Waals surface area contributed by atoms with Gasteiger partial charge in [-0.1, -0.05) is 52.6 Å². The molecule has 0 aliphatic rings. The quantitative estimate of drug-likeness (QED) is 0.815. The Hall–Kier alpha value is -0.0600. The molecule has 1 aromatic carbocycles. The molecule has 0 amide bonds. The predicted octanol–water partition coefficient (Wildman–Crippen LogP) is 3.96. The van der Waals surface area contributed by atoms with Crippen LogP contribution >= 0.6 is 31.9 Å². The molecule has 0 bridgehead atoms. The van der Waals surface area contributed by atoms with Gasteiger partial charge in [0.05, 0.1) is 0 Å². The van der Waals surface area contributed by atoms with E-state index in [4.69, 9.17) is 5.73 Å². The highest BCUT2D eigenvalue weighted by atomic mass is 79.9. The van der Waals surface area contributed by atoms with Crippen LogP contribution in [-0.2, 0) is 0 Å². The van der Waals surface area contributed by atoms with Gasteiger partial charge < -0.3 is 10.8 Å². The van der Waals surface area contributed by atoms with Crippen LogP contribution in [0.15, 0.2) is 21.1 Å². The van der Waals surface area contributed by atoms with E-state index in [1.807, 2.05) is 26.8 Å². The summed E-state index contributed by atoms with van der Waals surface area (Å²) in [5, 5.41) is 9.87. The summed E-state index contributed by atoms with van der Waals surface area (Å²) < 4.78 is 1.66. The Labute approximate surface area is 107 Å². The van der Waals surface area contributed by atoms with Crippen molar-refractivity contribution in [2.45, 2.75) is 26.8 Å². The average molecular weight is 337 g/mol. The summed E-state index contributed by atoms with van der Waals surface area (Å²) in [6, 6.07) is 3.34. The minimum Gasteiger partial charge on any atom is -0.508 e. The van der Waals surface area contributed by atoms with E-state index in [1.54, 1.807) is 6.07 Å². The van der Waals surface area contributed by atoms with Crippen LogP contribution in [0, 0.1) is 5.41 Å². The molecule has 0 aliphatic heterocycles. The van der Waals surface area contributed by atoms with Crippen LogP contribution in [0.3, 0.4) is 0 Å². The highest BCUT2D eigenvalue weighted by Crippen LogP contribution is 2.40. The van der Waals surface area contributed by atoms with Crippen LogP contribution in [0.5, 0.6) is 5.75 Å². The van der Waals surface area contributed by atoms with E-state index < -0.39 is 0 Å². The zero-order chi connectivity index (χ0) is 11.8. The van der Waals surface area contributed by atoms with Gasteiger partial charge in [0.15, 0.2) is 0 Å². The fourth-order valence-electron chi connectivity index (χ4n) is 1.31. The lowest BCUT2D eigenvalue weighted by molar-refractivity contribution is 0.316. The first-order valence-corrected chi connectivity index (χ1v) is 6.25. The van der Waals surface area contributed by atoms with Crippen molar-refractivity contribution in [3.05, 3.63) is 26.6 Å². The summed E-state index contributed by atoms with van der Waals surface area (Å²) in [6.45, 7) is 6.14. The summed E-state index contributed by atoms with van der Waals surface area (Å²) in [7, 11) is 0. The zero-order valence-electron chi connectivity index (χ0n) is 9.01. The number of rotatable bonds is 1. The van der Waals surface area contributed by atoms with E-state index in [-0.39, 0.29) is 17.2 Å².